The van der Waals surface area contributed by atoms with Gasteiger partial charge in [-0.1, -0.05) is 142 Å². The number of carbonyl (C=O) groups is 5. The van der Waals surface area contributed by atoms with Crippen molar-refractivity contribution >= 4 is 60.6 Å². The summed E-state index contributed by atoms with van der Waals surface area (Å²) >= 11 is 0. The van der Waals surface area contributed by atoms with E-state index in [4.69, 9.17) is 16.2 Å². The van der Waals surface area contributed by atoms with Crippen molar-refractivity contribution < 1.29 is 33.8 Å². The molecule has 0 saturated carbocycles. The third-order valence-corrected chi connectivity index (χ3v) is 9.20. The number of amides is 4. The molecule has 0 aliphatic carbocycles. The predicted molar refractivity (Wildman–Crippen MR) is 226 cm³/mol. The minimum atomic E-state index is -1.57. The number of aliphatic imine (C=N–C) groups is 1. The number of rotatable bonds is 34. The maximum Gasteiger partial charge on any atom is 0.417 e. The average molecular weight is 826 g/mol. The standard InChI is InChI=1S/C40H76N6O7.2ClH/c1-5-7-9-11-13-15-17-19-21-23-25-29-35(47)46(36(48)30-26-24-22-20-18-16-14-12-10-8-6-2)44-32-37(49)45(40(52)53-33(3)4)34(38(50)51)28-27-31-43-39(41)42;;/h33-34,44H,5-32H2,1-4H3,(H,50,51)(H4,41,42,43);2*1H. The summed E-state index contributed by atoms with van der Waals surface area (Å²) in [6.45, 7) is 7.03. The fraction of sp³-hybridized carbons (Fsp3) is 0.850. The number of guanidine groups is 1. The van der Waals surface area contributed by atoms with E-state index in [9.17, 15) is 29.1 Å². The number of nitrogens with zero attached hydrogens (tertiary/aromatic N) is 3. The zero-order chi connectivity index (χ0) is 39.7. The Balaban J connectivity index is -0.0000135. The van der Waals surface area contributed by atoms with Crippen molar-refractivity contribution in [3.05, 3.63) is 0 Å². The third-order valence-electron chi connectivity index (χ3n) is 9.20. The van der Waals surface area contributed by atoms with Gasteiger partial charge in [0.25, 0.3) is 0 Å². The second-order valence-corrected chi connectivity index (χ2v) is 14.5. The van der Waals surface area contributed by atoms with Gasteiger partial charge in [0.2, 0.25) is 17.7 Å². The molecular weight excluding hydrogens is 747 g/mol. The van der Waals surface area contributed by atoms with Gasteiger partial charge in [-0.2, -0.15) is 0 Å². The number of hydrogen-bond acceptors (Lipinski definition) is 8. The van der Waals surface area contributed by atoms with Crippen LogP contribution in [0.1, 0.15) is 195 Å². The molecule has 0 aliphatic rings. The monoisotopic (exact) mass is 825 g/mol. The summed E-state index contributed by atoms with van der Waals surface area (Å²) in [5.74, 6) is -3.43. The van der Waals surface area contributed by atoms with Crippen molar-refractivity contribution in [2.45, 2.75) is 207 Å². The van der Waals surface area contributed by atoms with Crippen molar-refractivity contribution in [3.8, 4) is 0 Å². The Kier molecular flexibility index (Phi) is 39.4. The van der Waals surface area contributed by atoms with E-state index in [0.717, 1.165) is 43.5 Å². The first-order valence-corrected chi connectivity index (χ1v) is 20.9. The molecule has 13 nitrogen and oxygen atoms in total. The average Bonchev–Trinajstić information content (AvgIpc) is 3.10. The molecule has 0 aromatic heterocycles. The van der Waals surface area contributed by atoms with Crippen LogP contribution < -0.4 is 16.9 Å². The summed E-state index contributed by atoms with van der Waals surface area (Å²) in [7, 11) is 0. The maximum absolute atomic E-state index is 13.5. The molecule has 0 aromatic carbocycles. The molecule has 15 heteroatoms. The highest BCUT2D eigenvalue weighted by molar-refractivity contribution is 5.98. The summed E-state index contributed by atoms with van der Waals surface area (Å²) in [5.41, 5.74) is 13.4. The zero-order valence-electron chi connectivity index (χ0n) is 34.7. The number of halogens is 2. The second-order valence-electron chi connectivity index (χ2n) is 14.5. The molecule has 1 atom stereocenters. The summed E-state index contributed by atoms with van der Waals surface area (Å²) in [6.07, 6.45) is 23.3. The number of nitrogens with one attached hydrogen (secondary N) is 1. The first-order chi connectivity index (χ1) is 25.5. The molecule has 0 bridgehead atoms. The zero-order valence-corrected chi connectivity index (χ0v) is 36.3. The van der Waals surface area contributed by atoms with Crippen LogP contribution in [0.4, 0.5) is 4.79 Å². The van der Waals surface area contributed by atoms with Crippen LogP contribution in [0.2, 0.25) is 0 Å². The normalized spacial score (nSPS) is 11.2. The fourth-order valence-electron chi connectivity index (χ4n) is 6.17. The highest BCUT2D eigenvalue weighted by Gasteiger charge is 2.36. The van der Waals surface area contributed by atoms with Crippen LogP contribution in [0.5, 0.6) is 0 Å². The van der Waals surface area contributed by atoms with Crippen LogP contribution in [0.3, 0.4) is 0 Å². The SMILES string of the molecule is CCCCCCCCCCCCCC(=O)N(NCC(=O)N(C(=O)OC(C)C)C(CCCN=C(N)N)C(=O)O)C(=O)CCCCCCCCCCCCC.Cl.Cl. The highest BCUT2D eigenvalue weighted by atomic mass is 35.5. The van der Waals surface area contributed by atoms with E-state index in [1.165, 1.54) is 89.9 Å². The van der Waals surface area contributed by atoms with Gasteiger partial charge in [-0.05, 0) is 39.5 Å². The minimum absolute atomic E-state index is 0. The van der Waals surface area contributed by atoms with Crippen molar-refractivity contribution in [3.63, 3.8) is 0 Å². The van der Waals surface area contributed by atoms with E-state index < -0.39 is 48.5 Å². The number of ether oxygens (including phenoxy) is 1. The molecule has 0 aliphatic heterocycles. The van der Waals surface area contributed by atoms with Crippen LogP contribution in [0.25, 0.3) is 0 Å². The van der Waals surface area contributed by atoms with Gasteiger partial charge in [0.15, 0.2) is 5.96 Å². The minimum Gasteiger partial charge on any atom is -0.480 e. The van der Waals surface area contributed by atoms with E-state index in [1.54, 1.807) is 13.8 Å². The Morgan fingerprint density at radius 3 is 1.35 bits per heavy atom. The second kappa shape index (κ2) is 38.2. The summed E-state index contributed by atoms with van der Waals surface area (Å²) in [4.78, 5) is 69.9. The van der Waals surface area contributed by atoms with Gasteiger partial charge in [0.05, 0.1) is 12.6 Å². The van der Waals surface area contributed by atoms with Gasteiger partial charge in [-0.25, -0.2) is 24.9 Å². The summed E-state index contributed by atoms with van der Waals surface area (Å²) in [5, 5.41) is 10.9. The molecule has 0 radical (unpaired) electrons. The Morgan fingerprint density at radius 1 is 0.618 bits per heavy atom. The summed E-state index contributed by atoms with van der Waals surface area (Å²) < 4.78 is 5.22. The van der Waals surface area contributed by atoms with E-state index >= 15 is 0 Å². The van der Waals surface area contributed by atoms with Crippen molar-refractivity contribution in [1.82, 2.24) is 15.3 Å². The van der Waals surface area contributed by atoms with E-state index in [1.807, 2.05) is 0 Å². The van der Waals surface area contributed by atoms with Crippen molar-refractivity contribution in [1.29, 1.82) is 0 Å². The maximum atomic E-state index is 13.5. The topological polar surface area (TPSA) is 198 Å². The molecule has 0 aromatic rings. The van der Waals surface area contributed by atoms with Crippen molar-refractivity contribution in [2.24, 2.45) is 16.5 Å². The molecule has 0 heterocycles. The molecule has 6 N–H and O–H groups in total. The first-order valence-electron chi connectivity index (χ1n) is 20.9. The van der Waals surface area contributed by atoms with Gasteiger partial charge < -0.3 is 21.3 Å². The number of carboxylic acid groups (broad SMARTS) is 1. The lowest BCUT2D eigenvalue weighted by Crippen LogP contribution is -2.55. The fourth-order valence-corrected chi connectivity index (χ4v) is 6.17. The van der Waals surface area contributed by atoms with Crippen LogP contribution in [-0.4, -0.2) is 76.0 Å². The molecule has 0 fully saturated rings. The van der Waals surface area contributed by atoms with Crippen LogP contribution >= 0.6 is 24.8 Å². The number of nitrogens with two attached hydrogens (primary N) is 2. The Labute approximate surface area is 345 Å². The Hall–Kier alpha value is -2.64. The molecule has 1 unspecified atom stereocenters. The van der Waals surface area contributed by atoms with E-state index in [2.05, 4.69) is 24.3 Å². The van der Waals surface area contributed by atoms with Gasteiger partial charge in [-0.3, -0.25) is 19.4 Å². The third kappa shape index (κ3) is 31.2. The van der Waals surface area contributed by atoms with Gasteiger partial charge >= 0.3 is 12.1 Å². The smallest absolute Gasteiger partial charge is 0.417 e. The number of aliphatic carboxylic acids is 1. The molecule has 0 saturated heterocycles. The lowest BCUT2D eigenvalue weighted by molar-refractivity contribution is -0.152. The van der Waals surface area contributed by atoms with E-state index in [-0.39, 0.29) is 63.0 Å². The number of imide groups is 2. The lowest BCUT2D eigenvalue weighted by Gasteiger charge is -2.29. The van der Waals surface area contributed by atoms with Crippen LogP contribution in [0, 0.1) is 0 Å². The van der Waals surface area contributed by atoms with Gasteiger partial charge in [0.1, 0.15) is 6.04 Å². The molecule has 324 valence electrons. The van der Waals surface area contributed by atoms with Gasteiger partial charge in [0, 0.05) is 19.4 Å². The largest absolute Gasteiger partial charge is 0.480 e. The Bertz CT molecular complexity index is 1010. The molecule has 0 spiro atoms. The quantitative estimate of drug-likeness (QED) is 0.0210. The number of unbranched alkanes of at least 4 members (excludes halogenated alkanes) is 20. The predicted octanol–water partition coefficient (Wildman–Crippen LogP) is 8.97. The van der Waals surface area contributed by atoms with Crippen LogP contribution in [-0.2, 0) is 23.9 Å². The van der Waals surface area contributed by atoms with E-state index in [0.29, 0.717) is 17.7 Å². The molecule has 55 heavy (non-hydrogen) atoms. The van der Waals surface area contributed by atoms with Gasteiger partial charge in [-0.15, -0.1) is 24.8 Å². The number of carbonyl (C=O) groups excluding carboxylic acids is 4. The molecular formula is C40H78Cl2N6O7. The van der Waals surface area contributed by atoms with Crippen molar-refractivity contribution in [2.75, 3.05) is 13.1 Å². The number of hydrogen-bond donors (Lipinski definition) is 4. The first kappa shape index (κ1) is 56.7. The molecule has 0 rings (SSSR count). The Morgan fingerprint density at radius 2 is 1.00 bits per heavy atom. The number of carboxylic acids is 1. The highest BCUT2D eigenvalue weighted by Crippen LogP contribution is 2.16. The summed E-state index contributed by atoms with van der Waals surface area (Å²) in [6, 6.07) is -1.57. The van der Waals surface area contributed by atoms with Crippen LogP contribution in [0.15, 0.2) is 4.99 Å². The number of hydrazine groups is 1. The lowest BCUT2D eigenvalue weighted by atomic mass is 10.0. The molecule has 4 amide bonds.